The summed E-state index contributed by atoms with van der Waals surface area (Å²) in [5, 5.41) is 0. The fourth-order valence-electron chi connectivity index (χ4n) is 4.24. The number of nitrogens with zero attached hydrogens (tertiary/aromatic N) is 2. The van der Waals surface area contributed by atoms with Crippen molar-refractivity contribution in [2.75, 3.05) is 13.2 Å². The SMILES string of the molecule is CCCCCCCCOc1c(OCCCCCCCC)c(Br)c2nc(-c3ccccc3)cnc2c1Br. The highest BCUT2D eigenvalue weighted by molar-refractivity contribution is 9.11. The van der Waals surface area contributed by atoms with Crippen LogP contribution in [-0.4, -0.2) is 23.2 Å². The maximum atomic E-state index is 6.35. The van der Waals surface area contributed by atoms with Crippen molar-refractivity contribution in [3.8, 4) is 22.8 Å². The number of hydrogen-bond acceptors (Lipinski definition) is 4. The lowest BCUT2D eigenvalue weighted by Gasteiger charge is -2.18. The Morgan fingerprint density at radius 3 is 1.69 bits per heavy atom. The monoisotopic (exact) mass is 618 g/mol. The number of unbranched alkanes of at least 4 members (excludes halogenated alkanes) is 10. The van der Waals surface area contributed by atoms with Gasteiger partial charge in [-0.1, -0.05) is 108 Å². The molecule has 36 heavy (non-hydrogen) atoms. The van der Waals surface area contributed by atoms with Crippen molar-refractivity contribution in [3.63, 3.8) is 0 Å². The first-order valence-electron chi connectivity index (χ1n) is 13.7. The fourth-order valence-corrected chi connectivity index (χ4v) is 5.39. The summed E-state index contributed by atoms with van der Waals surface area (Å²) >= 11 is 7.57. The van der Waals surface area contributed by atoms with E-state index in [-0.39, 0.29) is 0 Å². The summed E-state index contributed by atoms with van der Waals surface area (Å²) in [6, 6.07) is 10.1. The molecule has 0 N–H and O–H groups in total. The van der Waals surface area contributed by atoms with E-state index in [1.54, 1.807) is 0 Å². The summed E-state index contributed by atoms with van der Waals surface area (Å²) in [5.74, 6) is 1.43. The molecule has 3 rings (SSSR count). The maximum Gasteiger partial charge on any atom is 0.178 e. The van der Waals surface area contributed by atoms with Gasteiger partial charge in [0.1, 0.15) is 11.0 Å². The van der Waals surface area contributed by atoms with Gasteiger partial charge >= 0.3 is 0 Å². The lowest BCUT2D eigenvalue weighted by molar-refractivity contribution is 0.256. The molecule has 4 nitrogen and oxygen atoms in total. The van der Waals surface area contributed by atoms with E-state index in [0.29, 0.717) is 19.0 Å². The zero-order valence-corrected chi connectivity index (χ0v) is 25.0. The molecule has 196 valence electrons. The highest BCUT2D eigenvalue weighted by Gasteiger charge is 2.22. The van der Waals surface area contributed by atoms with Gasteiger partial charge in [0.05, 0.1) is 34.0 Å². The van der Waals surface area contributed by atoms with Gasteiger partial charge in [-0.2, -0.15) is 0 Å². The Morgan fingerprint density at radius 1 is 0.639 bits per heavy atom. The number of ether oxygens (including phenoxy) is 2. The number of aromatic nitrogens is 2. The third kappa shape index (κ3) is 8.44. The number of rotatable bonds is 17. The number of benzene rings is 2. The molecule has 3 aromatic rings. The molecule has 0 saturated carbocycles. The number of hydrogen-bond donors (Lipinski definition) is 0. The van der Waals surface area contributed by atoms with E-state index in [1.807, 2.05) is 36.5 Å². The zero-order valence-electron chi connectivity index (χ0n) is 21.8. The first kappa shape index (κ1) is 28.9. The van der Waals surface area contributed by atoms with Gasteiger partial charge in [0.15, 0.2) is 11.5 Å². The molecule has 0 fully saturated rings. The summed E-state index contributed by atoms with van der Waals surface area (Å²) in [6.07, 6.45) is 16.5. The van der Waals surface area contributed by atoms with Gasteiger partial charge in [-0.05, 0) is 44.7 Å². The van der Waals surface area contributed by atoms with Gasteiger partial charge in [-0.3, -0.25) is 4.98 Å². The van der Waals surface area contributed by atoms with Crippen LogP contribution in [0.1, 0.15) is 90.9 Å². The van der Waals surface area contributed by atoms with E-state index >= 15 is 0 Å². The van der Waals surface area contributed by atoms with Crippen LogP contribution in [-0.2, 0) is 0 Å². The van der Waals surface area contributed by atoms with Crippen LogP contribution in [0.3, 0.4) is 0 Å². The minimum absolute atomic E-state index is 0.655. The lowest BCUT2D eigenvalue weighted by atomic mass is 10.1. The van der Waals surface area contributed by atoms with E-state index in [0.717, 1.165) is 49.8 Å². The quantitative estimate of drug-likeness (QED) is 0.141. The molecule has 0 atom stereocenters. The molecule has 2 aromatic carbocycles. The van der Waals surface area contributed by atoms with Crippen molar-refractivity contribution in [1.29, 1.82) is 0 Å². The topological polar surface area (TPSA) is 44.2 Å². The average Bonchev–Trinajstić information content (AvgIpc) is 2.91. The van der Waals surface area contributed by atoms with Gasteiger partial charge in [0.2, 0.25) is 0 Å². The first-order valence-corrected chi connectivity index (χ1v) is 15.2. The van der Waals surface area contributed by atoms with Crippen LogP contribution >= 0.6 is 31.9 Å². The molecule has 0 aliphatic carbocycles. The predicted octanol–water partition coefficient (Wildman–Crippen LogP) is 10.3. The van der Waals surface area contributed by atoms with Gasteiger partial charge in [0.25, 0.3) is 0 Å². The van der Waals surface area contributed by atoms with Crippen LogP contribution in [0.5, 0.6) is 11.5 Å². The highest BCUT2D eigenvalue weighted by Crippen LogP contribution is 2.47. The van der Waals surface area contributed by atoms with Crippen LogP contribution in [0.15, 0.2) is 45.5 Å². The standard InChI is InChI=1S/C30H40Br2N2O2/c1-3-5-7-9-11-16-20-35-29-25(31)27-28(34-24(22-33-27)23-18-14-13-15-19-23)26(32)30(29)36-21-17-12-10-8-6-4-2/h13-15,18-19,22H,3-12,16-17,20-21H2,1-2H3. The van der Waals surface area contributed by atoms with Crippen LogP contribution in [0.2, 0.25) is 0 Å². The van der Waals surface area contributed by atoms with Gasteiger partial charge in [0, 0.05) is 5.56 Å². The van der Waals surface area contributed by atoms with Crippen LogP contribution in [0, 0.1) is 0 Å². The van der Waals surface area contributed by atoms with Crippen molar-refractivity contribution in [1.82, 2.24) is 9.97 Å². The smallest absolute Gasteiger partial charge is 0.178 e. The Morgan fingerprint density at radius 2 is 1.14 bits per heavy atom. The summed E-state index contributed by atoms with van der Waals surface area (Å²) < 4.78 is 14.3. The van der Waals surface area contributed by atoms with Crippen molar-refractivity contribution in [3.05, 3.63) is 45.5 Å². The van der Waals surface area contributed by atoms with Crippen LogP contribution in [0.25, 0.3) is 22.3 Å². The zero-order chi connectivity index (χ0) is 25.6. The Bertz CT molecular complexity index is 1060. The third-order valence-corrected chi connectivity index (χ3v) is 7.82. The second-order valence-corrected chi connectivity index (χ2v) is 10.9. The molecule has 0 bridgehead atoms. The Balaban J connectivity index is 1.80. The summed E-state index contributed by atoms with van der Waals surface area (Å²) in [4.78, 5) is 9.71. The van der Waals surface area contributed by atoms with Gasteiger partial charge in [-0.15, -0.1) is 0 Å². The number of fused-ring (bicyclic) bond motifs is 1. The van der Waals surface area contributed by atoms with Crippen molar-refractivity contribution >= 4 is 42.9 Å². The highest BCUT2D eigenvalue weighted by atomic mass is 79.9. The Labute approximate surface area is 233 Å². The summed E-state index contributed by atoms with van der Waals surface area (Å²) in [7, 11) is 0. The minimum atomic E-state index is 0.655. The molecule has 0 saturated heterocycles. The predicted molar refractivity (Wildman–Crippen MR) is 158 cm³/mol. The molecule has 0 unspecified atom stereocenters. The number of halogens is 2. The molecule has 6 heteroatoms. The molecule has 0 amide bonds. The average molecular weight is 620 g/mol. The molecule has 1 heterocycles. The Hall–Kier alpha value is -1.66. The molecule has 1 aromatic heterocycles. The molecule has 0 spiro atoms. The van der Waals surface area contributed by atoms with E-state index in [4.69, 9.17) is 19.4 Å². The van der Waals surface area contributed by atoms with Crippen molar-refractivity contribution in [2.45, 2.75) is 90.9 Å². The maximum absolute atomic E-state index is 6.35. The molecule has 0 aliphatic heterocycles. The molecule has 0 aliphatic rings. The normalized spacial score (nSPS) is 11.2. The van der Waals surface area contributed by atoms with E-state index in [2.05, 4.69) is 45.7 Å². The largest absolute Gasteiger partial charge is 0.488 e. The second-order valence-electron chi connectivity index (χ2n) is 9.34. The molecule has 0 radical (unpaired) electrons. The van der Waals surface area contributed by atoms with E-state index in [9.17, 15) is 0 Å². The van der Waals surface area contributed by atoms with E-state index in [1.165, 1.54) is 64.2 Å². The fraction of sp³-hybridized carbons (Fsp3) is 0.533. The van der Waals surface area contributed by atoms with E-state index < -0.39 is 0 Å². The second kappa shape index (κ2) is 16.2. The van der Waals surface area contributed by atoms with Crippen LogP contribution in [0.4, 0.5) is 0 Å². The van der Waals surface area contributed by atoms with Crippen LogP contribution < -0.4 is 9.47 Å². The first-order chi connectivity index (χ1) is 17.7. The minimum Gasteiger partial charge on any atom is -0.488 e. The molecular weight excluding hydrogens is 580 g/mol. The van der Waals surface area contributed by atoms with Gasteiger partial charge < -0.3 is 9.47 Å². The summed E-state index contributed by atoms with van der Waals surface area (Å²) in [6.45, 7) is 5.81. The Kier molecular flexibility index (Phi) is 13.0. The van der Waals surface area contributed by atoms with Crippen molar-refractivity contribution < 1.29 is 9.47 Å². The van der Waals surface area contributed by atoms with Gasteiger partial charge in [-0.25, -0.2) is 4.98 Å². The summed E-state index contributed by atoms with van der Waals surface area (Å²) in [5.41, 5.74) is 3.41. The van der Waals surface area contributed by atoms with Crippen molar-refractivity contribution in [2.24, 2.45) is 0 Å². The molecular formula is C30H40Br2N2O2. The third-order valence-electron chi connectivity index (χ3n) is 6.35. The lowest BCUT2D eigenvalue weighted by Crippen LogP contribution is -2.06.